The van der Waals surface area contributed by atoms with Gasteiger partial charge in [0.2, 0.25) is 0 Å². The third-order valence-electron chi connectivity index (χ3n) is 1.46. The van der Waals surface area contributed by atoms with Crippen LogP contribution in [0.1, 0.15) is 6.93 Å². The summed E-state index contributed by atoms with van der Waals surface area (Å²) in [4.78, 5) is 0. The number of benzene rings is 1. The number of methoxy groups -OCH3 is 2. The average Bonchev–Trinajstić information content (AvgIpc) is 2.09. The first-order valence-electron chi connectivity index (χ1n) is 3.88. The molecule has 0 heterocycles. The van der Waals surface area contributed by atoms with Crippen LogP contribution in [0.25, 0.3) is 0 Å². The lowest BCUT2D eigenvalue weighted by molar-refractivity contribution is 0.354. The van der Waals surface area contributed by atoms with Crippen molar-refractivity contribution in [3.8, 4) is 11.5 Å². The quantitative estimate of drug-likeness (QED) is 0.647. The van der Waals surface area contributed by atoms with Gasteiger partial charge >= 0.3 is 0 Å². The molecule has 1 aromatic carbocycles. The van der Waals surface area contributed by atoms with Crippen LogP contribution in [0, 0.1) is 6.92 Å². The molecule has 0 unspecified atom stereocenters. The van der Waals surface area contributed by atoms with E-state index in [0.717, 1.165) is 5.56 Å². The summed E-state index contributed by atoms with van der Waals surface area (Å²) >= 11 is 0. The van der Waals surface area contributed by atoms with Gasteiger partial charge < -0.3 is 9.47 Å². The molecule has 0 aliphatic rings. The summed E-state index contributed by atoms with van der Waals surface area (Å²) < 4.78 is 17.6. The third kappa shape index (κ3) is 1.64. The Morgan fingerprint density at radius 2 is 1.91 bits per heavy atom. The molecule has 0 N–H and O–H groups in total. The highest BCUT2D eigenvalue weighted by Crippen LogP contribution is 2.26. The van der Waals surface area contributed by atoms with Gasteiger partial charge in [-0.25, -0.2) is 0 Å². The normalized spacial score (nSPS) is 10.6. The zero-order chi connectivity index (χ0) is 9.14. The Kier molecular flexibility index (Phi) is 1.95. The summed E-state index contributed by atoms with van der Waals surface area (Å²) in [5.41, 5.74) is 0.882. The van der Waals surface area contributed by atoms with Crippen molar-refractivity contribution in [1.29, 1.82) is 0 Å². The van der Waals surface area contributed by atoms with Crippen LogP contribution in [0.5, 0.6) is 11.5 Å². The number of hydrogen-bond donors (Lipinski definition) is 0. The SMILES string of the molecule is [2H]c1cc(OC)c(OC)cc1C. The maximum Gasteiger partial charge on any atom is 0.160 e. The molecule has 0 radical (unpaired) electrons. The lowest BCUT2D eigenvalue weighted by Crippen LogP contribution is -1.90. The molecule has 11 heavy (non-hydrogen) atoms. The van der Waals surface area contributed by atoms with Crippen molar-refractivity contribution in [3.63, 3.8) is 0 Å². The summed E-state index contributed by atoms with van der Waals surface area (Å²) in [6, 6.07) is 3.91. The minimum absolute atomic E-state index is 0.465. The lowest BCUT2D eigenvalue weighted by Gasteiger charge is -2.06. The molecule has 0 spiro atoms. The van der Waals surface area contributed by atoms with Crippen LogP contribution in [0.4, 0.5) is 0 Å². The van der Waals surface area contributed by atoms with Gasteiger partial charge in [0.25, 0.3) is 0 Å². The van der Waals surface area contributed by atoms with Crippen molar-refractivity contribution >= 4 is 0 Å². The van der Waals surface area contributed by atoms with Gasteiger partial charge in [0.05, 0.1) is 15.6 Å². The van der Waals surface area contributed by atoms with Crippen LogP contribution < -0.4 is 9.47 Å². The first-order valence-corrected chi connectivity index (χ1v) is 3.38. The molecule has 0 saturated heterocycles. The highest BCUT2D eigenvalue weighted by Gasteiger charge is 2.00. The van der Waals surface area contributed by atoms with E-state index in [1.54, 1.807) is 26.4 Å². The van der Waals surface area contributed by atoms with E-state index in [4.69, 9.17) is 10.8 Å². The Bertz CT molecular complexity index is 255. The summed E-state index contributed by atoms with van der Waals surface area (Å²) in [6.45, 7) is 1.87. The predicted octanol–water partition coefficient (Wildman–Crippen LogP) is 2.01. The van der Waals surface area contributed by atoms with Gasteiger partial charge in [-0.05, 0) is 24.6 Å². The van der Waals surface area contributed by atoms with E-state index in [9.17, 15) is 0 Å². The molecule has 0 fully saturated rings. The minimum atomic E-state index is 0.465. The van der Waals surface area contributed by atoms with Crippen LogP contribution >= 0.6 is 0 Å². The second kappa shape index (κ2) is 3.28. The standard InChI is InChI=1S/C9H12O2/c1-7-4-5-8(10-2)9(6-7)11-3/h4-6H,1-3H3/i4D. The Morgan fingerprint density at radius 1 is 1.27 bits per heavy atom. The molecule has 0 aliphatic carbocycles. The molecule has 2 heteroatoms. The maximum atomic E-state index is 7.50. The van der Waals surface area contributed by atoms with E-state index in [0.29, 0.717) is 17.5 Å². The molecular formula is C9H12O2. The van der Waals surface area contributed by atoms with Gasteiger partial charge in [-0.3, -0.25) is 0 Å². The largest absolute Gasteiger partial charge is 0.493 e. The fourth-order valence-corrected chi connectivity index (χ4v) is 0.879. The average molecular weight is 153 g/mol. The number of hydrogen-bond acceptors (Lipinski definition) is 2. The molecule has 60 valence electrons. The van der Waals surface area contributed by atoms with Crippen LogP contribution in [-0.2, 0) is 0 Å². The molecule has 1 rings (SSSR count). The van der Waals surface area contributed by atoms with E-state index in [-0.39, 0.29) is 0 Å². The monoisotopic (exact) mass is 153 g/mol. The fraction of sp³-hybridized carbons (Fsp3) is 0.333. The second-order valence-corrected chi connectivity index (χ2v) is 2.25. The van der Waals surface area contributed by atoms with Gasteiger partial charge in [-0.15, -0.1) is 0 Å². The fourth-order valence-electron chi connectivity index (χ4n) is 0.879. The van der Waals surface area contributed by atoms with Crippen LogP contribution in [0.2, 0.25) is 0 Å². The van der Waals surface area contributed by atoms with E-state index in [2.05, 4.69) is 0 Å². The molecule has 0 saturated carbocycles. The summed E-state index contributed by atoms with van der Waals surface area (Å²) in [5, 5.41) is 0. The Hall–Kier alpha value is -1.18. The molecule has 0 bridgehead atoms. The van der Waals surface area contributed by atoms with Crippen molar-refractivity contribution < 1.29 is 10.8 Å². The van der Waals surface area contributed by atoms with Crippen molar-refractivity contribution in [2.45, 2.75) is 6.92 Å². The predicted molar refractivity (Wildman–Crippen MR) is 44.3 cm³/mol. The smallest absolute Gasteiger partial charge is 0.160 e. The summed E-state index contributed by atoms with van der Waals surface area (Å²) in [6.07, 6.45) is 0. The van der Waals surface area contributed by atoms with E-state index in [1.807, 2.05) is 6.92 Å². The first-order chi connectivity index (χ1) is 5.69. The number of rotatable bonds is 2. The summed E-state index contributed by atoms with van der Waals surface area (Å²) in [5.74, 6) is 1.28. The van der Waals surface area contributed by atoms with Gasteiger partial charge in [-0.1, -0.05) is 6.04 Å². The molecule has 0 aromatic heterocycles. The van der Waals surface area contributed by atoms with Gasteiger partial charge in [-0.2, -0.15) is 0 Å². The van der Waals surface area contributed by atoms with Crippen molar-refractivity contribution in [1.82, 2.24) is 0 Å². The highest BCUT2D eigenvalue weighted by atomic mass is 16.5. The zero-order valence-electron chi connectivity index (χ0n) is 7.97. The zero-order valence-corrected chi connectivity index (χ0v) is 6.97. The van der Waals surface area contributed by atoms with Gasteiger partial charge in [0, 0.05) is 0 Å². The Labute approximate surface area is 68.2 Å². The lowest BCUT2D eigenvalue weighted by atomic mass is 10.2. The van der Waals surface area contributed by atoms with Crippen molar-refractivity contribution in [3.05, 3.63) is 23.7 Å². The third-order valence-corrected chi connectivity index (χ3v) is 1.46. The van der Waals surface area contributed by atoms with E-state index in [1.165, 1.54) is 0 Å². The van der Waals surface area contributed by atoms with Gasteiger partial charge in [0.1, 0.15) is 0 Å². The Balaban J connectivity index is 3.19. The number of aryl methyl sites for hydroxylation is 1. The van der Waals surface area contributed by atoms with Crippen LogP contribution in [0.3, 0.4) is 0 Å². The van der Waals surface area contributed by atoms with E-state index < -0.39 is 0 Å². The van der Waals surface area contributed by atoms with E-state index >= 15 is 0 Å². The summed E-state index contributed by atoms with van der Waals surface area (Å²) in [7, 11) is 3.15. The molecule has 0 amide bonds. The maximum absolute atomic E-state index is 7.50. The van der Waals surface area contributed by atoms with Crippen molar-refractivity contribution in [2.75, 3.05) is 14.2 Å². The molecule has 1 aromatic rings. The molecule has 2 nitrogen and oxygen atoms in total. The molecular weight excluding hydrogens is 140 g/mol. The van der Waals surface area contributed by atoms with Gasteiger partial charge in [0.15, 0.2) is 11.5 Å². The molecule has 0 atom stereocenters. The highest BCUT2D eigenvalue weighted by molar-refractivity contribution is 5.42. The Morgan fingerprint density at radius 3 is 2.45 bits per heavy atom. The first kappa shape index (κ1) is 6.53. The minimum Gasteiger partial charge on any atom is -0.493 e. The topological polar surface area (TPSA) is 18.5 Å². The second-order valence-electron chi connectivity index (χ2n) is 2.25. The number of ether oxygens (including phenoxy) is 2. The molecule has 0 aliphatic heterocycles. The van der Waals surface area contributed by atoms with Crippen LogP contribution in [-0.4, -0.2) is 14.2 Å². The van der Waals surface area contributed by atoms with Crippen molar-refractivity contribution in [2.24, 2.45) is 0 Å². The van der Waals surface area contributed by atoms with Crippen LogP contribution in [0.15, 0.2) is 18.2 Å².